The highest BCUT2D eigenvalue weighted by Gasteiger charge is 2.31. The van der Waals surface area contributed by atoms with E-state index in [9.17, 15) is 9.59 Å². The molecule has 0 bridgehead atoms. The highest BCUT2D eigenvalue weighted by Crippen LogP contribution is 2.32. The predicted molar refractivity (Wildman–Crippen MR) is 151 cm³/mol. The molecule has 3 amide bonds. The van der Waals surface area contributed by atoms with Gasteiger partial charge in [0.15, 0.2) is 0 Å². The fraction of sp³-hybridized carbons (Fsp3) is 0.333. The Morgan fingerprint density at radius 2 is 1.49 bits per heavy atom. The van der Waals surface area contributed by atoms with Crippen LogP contribution in [0.4, 0.5) is 21.9 Å². The average molecular weight is 503 g/mol. The first-order valence-corrected chi connectivity index (χ1v) is 12.4. The zero-order chi connectivity index (χ0) is 27.2. The number of benzene rings is 3. The summed E-state index contributed by atoms with van der Waals surface area (Å²) in [4.78, 5) is 30.2. The second-order valence-electron chi connectivity index (χ2n) is 10.3. The summed E-state index contributed by atoms with van der Waals surface area (Å²) in [5, 5.41) is 5.75. The molecule has 0 fully saturated rings. The van der Waals surface area contributed by atoms with Crippen LogP contribution >= 0.6 is 0 Å². The molecular formula is C30H38N4O3. The van der Waals surface area contributed by atoms with Gasteiger partial charge in [-0.2, -0.15) is 0 Å². The lowest BCUT2D eigenvalue weighted by atomic mass is 9.92. The highest BCUT2D eigenvalue weighted by atomic mass is 16.5. The van der Waals surface area contributed by atoms with Crippen molar-refractivity contribution in [3.8, 4) is 5.75 Å². The van der Waals surface area contributed by atoms with Crippen LogP contribution in [-0.2, 0) is 11.3 Å². The van der Waals surface area contributed by atoms with Crippen LogP contribution in [0.2, 0.25) is 0 Å². The lowest BCUT2D eigenvalue weighted by molar-refractivity contribution is -0.142. The first kappa shape index (κ1) is 27.6. The Hall–Kier alpha value is -4.00. The molecule has 0 saturated heterocycles. The topological polar surface area (TPSA) is 73.9 Å². The molecule has 0 aromatic heterocycles. The fourth-order valence-corrected chi connectivity index (χ4v) is 4.10. The number of nitrogens with zero attached hydrogens (tertiary/aromatic N) is 2. The van der Waals surface area contributed by atoms with Gasteiger partial charge in [-0.15, -0.1) is 0 Å². The quantitative estimate of drug-likeness (QED) is 0.367. The molecule has 3 rings (SSSR count). The van der Waals surface area contributed by atoms with Crippen LogP contribution in [0.3, 0.4) is 0 Å². The maximum absolute atomic E-state index is 13.6. The minimum atomic E-state index is -0.546. The van der Waals surface area contributed by atoms with E-state index in [4.69, 9.17) is 4.74 Å². The van der Waals surface area contributed by atoms with Crippen LogP contribution in [-0.4, -0.2) is 38.0 Å². The van der Waals surface area contributed by atoms with E-state index in [1.165, 1.54) is 0 Å². The number of carbonyl (C=O) groups excluding carboxylic acids is 2. The van der Waals surface area contributed by atoms with Gasteiger partial charge in [0.2, 0.25) is 5.91 Å². The molecule has 2 N–H and O–H groups in total. The zero-order valence-electron chi connectivity index (χ0n) is 22.8. The Bertz CT molecular complexity index is 1200. The molecule has 3 aromatic carbocycles. The van der Waals surface area contributed by atoms with Crippen molar-refractivity contribution in [3.05, 3.63) is 83.9 Å². The molecular weight excluding hydrogens is 464 g/mol. The van der Waals surface area contributed by atoms with E-state index in [1.54, 1.807) is 31.4 Å². The third-order valence-electron chi connectivity index (χ3n) is 6.16. The lowest BCUT2D eigenvalue weighted by Crippen LogP contribution is -2.40. The van der Waals surface area contributed by atoms with Crippen LogP contribution in [0.5, 0.6) is 5.75 Å². The number of nitrogens with one attached hydrogen (secondary N) is 2. The van der Waals surface area contributed by atoms with Gasteiger partial charge in [-0.1, -0.05) is 51.1 Å². The lowest BCUT2D eigenvalue weighted by Gasteiger charge is -2.35. The Kier molecular flexibility index (Phi) is 8.81. The first-order valence-electron chi connectivity index (χ1n) is 12.4. The summed E-state index contributed by atoms with van der Waals surface area (Å²) in [5.41, 5.74) is 3.74. The van der Waals surface area contributed by atoms with E-state index >= 15 is 0 Å². The Morgan fingerprint density at radius 3 is 2.05 bits per heavy atom. The summed E-state index contributed by atoms with van der Waals surface area (Å²) >= 11 is 0. The molecule has 7 heteroatoms. The maximum atomic E-state index is 13.6. The van der Waals surface area contributed by atoms with E-state index in [-0.39, 0.29) is 18.0 Å². The average Bonchev–Trinajstić information content (AvgIpc) is 2.86. The SMILES string of the molecule is COc1ccc(NC(=O)Nc2ccc(N(C)C)c(CN(C(=O)C(C)(C)C)C(C)c3ccccc3)c2)cc1. The maximum Gasteiger partial charge on any atom is 0.323 e. The van der Waals surface area contributed by atoms with Gasteiger partial charge in [0.25, 0.3) is 0 Å². The Morgan fingerprint density at radius 1 is 0.892 bits per heavy atom. The van der Waals surface area contributed by atoms with Crippen LogP contribution in [0.1, 0.15) is 44.9 Å². The van der Waals surface area contributed by atoms with E-state index in [2.05, 4.69) is 17.6 Å². The number of amides is 3. The highest BCUT2D eigenvalue weighted by molar-refractivity contribution is 6.00. The van der Waals surface area contributed by atoms with Crippen LogP contribution in [0.15, 0.2) is 72.8 Å². The van der Waals surface area contributed by atoms with Crippen LogP contribution in [0, 0.1) is 5.41 Å². The number of rotatable bonds is 8. The third kappa shape index (κ3) is 7.26. The Balaban J connectivity index is 1.88. The molecule has 0 saturated carbocycles. The largest absolute Gasteiger partial charge is 0.497 e. The molecule has 37 heavy (non-hydrogen) atoms. The zero-order valence-corrected chi connectivity index (χ0v) is 22.8. The van der Waals surface area contributed by atoms with Crippen molar-refractivity contribution in [2.45, 2.75) is 40.3 Å². The van der Waals surface area contributed by atoms with Crippen molar-refractivity contribution in [1.29, 1.82) is 0 Å². The van der Waals surface area contributed by atoms with Gasteiger partial charge in [-0.05, 0) is 60.5 Å². The molecule has 7 nitrogen and oxygen atoms in total. The van der Waals surface area contributed by atoms with Crippen molar-refractivity contribution in [2.24, 2.45) is 5.41 Å². The van der Waals surface area contributed by atoms with Crippen molar-refractivity contribution < 1.29 is 14.3 Å². The molecule has 0 radical (unpaired) electrons. The summed E-state index contributed by atoms with van der Waals surface area (Å²) in [6, 6.07) is 22.4. The smallest absolute Gasteiger partial charge is 0.323 e. The van der Waals surface area contributed by atoms with E-state index in [1.807, 2.05) is 93.2 Å². The standard InChI is InChI=1S/C30H38N4O3/c1-21(22-11-9-8-10-12-22)34(28(35)30(2,3)4)20-23-19-25(15-18-27(23)33(5)6)32-29(36)31-24-13-16-26(37-7)17-14-24/h8-19,21H,20H2,1-7H3,(H2,31,32,36). The van der Waals surface area contributed by atoms with Crippen molar-refractivity contribution in [3.63, 3.8) is 0 Å². The molecule has 1 atom stereocenters. The second-order valence-corrected chi connectivity index (χ2v) is 10.3. The number of ether oxygens (including phenoxy) is 1. The summed E-state index contributed by atoms with van der Waals surface area (Å²) < 4.78 is 5.17. The molecule has 3 aromatic rings. The number of hydrogen-bond acceptors (Lipinski definition) is 4. The number of urea groups is 1. The minimum absolute atomic E-state index is 0.0594. The Labute approximate surface area is 220 Å². The number of hydrogen-bond donors (Lipinski definition) is 2. The molecule has 196 valence electrons. The minimum Gasteiger partial charge on any atom is -0.497 e. The van der Waals surface area contributed by atoms with Crippen LogP contribution in [0.25, 0.3) is 0 Å². The number of anilines is 3. The van der Waals surface area contributed by atoms with Crippen LogP contribution < -0.4 is 20.3 Å². The van der Waals surface area contributed by atoms with E-state index < -0.39 is 5.41 Å². The predicted octanol–water partition coefficient (Wildman–Crippen LogP) is 6.54. The number of carbonyl (C=O) groups is 2. The molecule has 0 aliphatic heterocycles. The molecule has 0 aliphatic carbocycles. The van der Waals surface area contributed by atoms with Gasteiger partial charge in [-0.3, -0.25) is 4.79 Å². The fourth-order valence-electron chi connectivity index (χ4n) is 4.10. The van der Waals surface area contributed by atoms with Gasteiger partial charge in [0.1, 0.15) is 5.75 Å². The van der Waals surface area contributed by atoms with Gasteiger partial charge >= 0.3 is 6.03 Å². The van der Waals surface area contributed by atoms with Gasteiger partial charge in [0.05, 0.1) is 13.2 Å². The summed E-state index contributed by atoms with van der Waals surface area (Å²) in [6.45, 7) is 8.27. The van der Waals surface area contributed by atoms with Gasteiger partial charge in [0, 0.05) is 43.1 Å². The third-order valence-corrected chi connectivity index (χ3v) is 6.16. The van der Waals surface area contributed by atoms with Crippen molar-refractivity contribution >= 4 is 29.0 Å². The summed E-state index contributed by atoms with van der Waals surface area (Å²) in [6.07, 6.45) is 0. The van der Waals surface area contributed by atoms with Crippen molar-refractivity contribution in [1.82, 2.24) is 4.90 Å². The first-order chi connectivity index (χ1) is 17.5. The van der Waals surface area contributed by atoms with Gasteiger partial charge < -0.3 is 25.2 Å². The normalized spacial score (nSPS) is 11.9. The summed E-state index contributed by atoms with van der Waals surface area (Å²) in [7, 11) is 5.54. The van der Waals surface area contributed by atoms with Crippen molar-refractivity contribution in [2.75, 3.05) is 36.7 Å². The molecule has 0 aliphatic rings. The van der Waals surface area contributed by atoms with E-state index in [0.29, 0.717) is 23.7 Å². The molecule has 1 unspecified atom stereocenters. The molecule has 0 spiro atoms. The second kappa shape index (κ2) is 11.8. The van der Waals surface area contributed by atoms with Gasteiger partial charge in [-0.25, -0.2) is 4.79 Å². The monoisotopic (exact) mass is 502 g/mol. The summed E-state index contributed by atoms with van der Waals surface area (Å²) in [5.74, 6) is 0.776. The van der Waals surface area contributed by atoms with E-state index in [0.717, 1.165) is 16.8 Å². The number of methoxy groups -OCH3 is 1. The molecule has 0 heterocycles.